The lowest BCUT2D eigenvalue weighted by Gasteiger charge is -2.35. The molecule has 0 aromatic heterocycles. The molecule has 1 rings (SSSR count). The molecule has 3 heteroatoms. The summed E-state index contributed by atoms with van der Waals surface area (Å²) in [6.07, 6.45) is 9.97. The van der Waals surface area contributed by atoms with Crippen molar-refractivity contribution in [1.82, 2.24) is 5.32 Å². The van der Waals surface area contributed by atoms with Gasteiger partial charge in [0.25, 0.3) is 0 Å². The largest absolute Gasteiger partial charge is 0.388 e. The molecule has 1 fully saturated rings. The second-order valence-corrected chi connectivity index (χ2v) is 4.73. The fraction of sp³-hybridized carbons (Fsp3) is 0.769. The van der Waals surface area contributed by atoms with Gasteiger partial charge in [-0.05, 0) is 31.6 Å². The molecule has 0 bridgehead atoms. The highest BCUT2D eigenvalue weighted by Crippen LogP contribution is 2.33. The van der Waals surface area contributed by atoms with E-state index in [9.17, 15) is 9.90 Å². The van der Waals surface area contributed by atoms with Crippen molar-refractivity contribution >= 4 is 5.91 Å². The molecule has 90 valence electrons. The van der Waals surface area contributed by atoms with E-state index in [4.69, 9.17) is 6.42 Å². The van der Waals surface area contributed by atoms with E-state index in [0.29, 0.717) is 6.54 Å². The molecule has 1 amide bonds. The van der Waals surface area contributed by atoms with Gasteiger partial charge in [-0.1, -0.05) is 19.3 Å². The molecule has 0 aromatic rings. The zero-order valence-corrected chi connectivity index (χ0v) is 9.96. The van der Waals surface area contributed by atoms with Gasteiger partial charge in [-0.15, -0.1) is 6.42 Å². The number of aliphatic hydroxyl groups is 1. The average Bonchev–Trinajstić information content (AvgIpc) is 2.28. The minimum absolute atomic E-state index is 0.0909. The Kier molecular flexibility index (Phi) is 4.82. The standard InChI is InChI=1S/C13H21NO2/c1-3-5-12(15)14-10-13(16)8-6-11(4-2)7-9-13/h1,11,16H,4-10H2,2H3,(H,14,15). The number of nitrogens with one attached hydrogen (secondary N) is 1. The first-order valence-corrected chi connectivity index (χ1v) is 6.02. The first kappa shape index (κ1) is 13.1. The summed E-state index contributed by atoms with van der Waals surface area (Å²) in [5.74, 6) is 2.86. The maximum atomic E-state index is 11.2. The predicted octanol–water partition coefficient (Wildman–Crippen LogP) is 1.46. The van der Waals surface area contributed by atoms with Crippen molar-refractivity contribution in [2.75, 3.05) is 6.54 Å². The second-order valence-electron chi connectivity index (χ2n) is 4.73. The topological polar surface area (TPSA) is 49.3 Å². The Balaban J connectivity index is 2.31. The molecule has 0 radical (unpaired) electrons. The van der Waals surface area contributed by atoms with Gasteiger partial charge >= 0.3 is 0 Å². The number of carbonyl (C=O) groups is 1. The first-order valence-electron chi connectivity index (χ1n) is 6.02. The van der Waals surface area contributed by atoms with Gasteiger partial charge in [-0.3, -0.25) is 4.79 Å². The van der Waals surface area contributed by atoms with Crippen LogP contribution in [0.4, 0.5) is 0 Å². The molecule has 0 unspecified atom stereocenters. The molecule has 2 N–H and O–H groups in total. The van der Waals surface area contributed by atoms with E-state index in [1.807, 2.05) is 0 Å². The number of hydrogen-bond donors (Lipinski definition) is 2. The summed E-state index contributed by atoms with van der Waals surface area (Å²) in [5.41, 5.74) is -0.712. The van der Waals surface area contributed by atoms with Crippen molar-refractivity contribution in [2.24, 2.45) is 5.92 Å². The van der Waals surface area contributed by atoms with Gasteiger partial charge < -0.3 is 10.4 Å². The molecule has 1 aliphatic rings. The molecule has 16 heavy (non-hydrogen) atoms. The fourth-order valence-electron chi connectivity index (χ4n) is 2.22. The SMILES string of the molecule is C#CCC(=O)NCC1(O)CCC(CC)CC1. The summed E-state index contributed by atoms with van der Waals surface area (Å²) in [5, 5.41) is 12.9. The number of hydrogen-bond acceptors (Lipinski definition) is 2. The van der Waals surface area contributed by atoms with Crippen LogP contribution in [0.5, 0.6) is 0 Å². The zero-order chi connectivity index (χ0) is 12.0. The Labute approximate surface area is 97.6 Å². The molecular weight excluding hydrogens is 202 g/mol. The summed E-state index contributed by atoms with van der Waals surface area (Å²) in [6, 6.07) is 0. The van der Waals surface area contributed by atoms with Crippen LogP contribution >= 0.6 is 0 Å². The van der Waals surface area contributed by atoms with Crippen LogP contribution < -0.4 is 5.32 Å². The van der Waals surface area contributed by atoms with Crippen molar-refractivity contribution in [2.45, 2.75) is 51.0 Å². The molecule has 0 saturated heterocycles. The van der Waals surface area contributed by atoms with E-state index in [-0.39, 0.29) is 12.3 Å². The van der Waals surface area contributed by atoms with Crippen LogP contribution in [0.15, 0.2) is 0 Å². The van der Waals surface area contributed by atoms with Gasteiger partial charge in [0.15, 0.2) is 0 Å². The highest BCUT2D eigenvalue weighted by molar-refractivity contribution is 5.78. The van der Waals surface area contributed by atoms with E-state index >= 15 is 0 Å². The highest BCUT2D eigenvalue weighted by atomic mass is 16.3. The van der Waals surface area contributed by atoms with Crippen molar-refractivity contribution in [3.8, 4) is 12.3 Å². The van der Waals surface area contributed by atoms with Gasteiger partial charge in [-0.2, -0.15) is 0 Å². The van der Waals surface area contributed by atoms with E-state index < -0.39 is 5.60 Å². The highest BCUT2D eigenvalue weighted by Gasteiger charge is 2.32. The lowest BCUT2D eigenvalue weighted by Crippen LogP contribution is -2.45. The van der Waals surface area contributed by atoms with Crippen LogP contribution in [0.25, 0.3) is 0 Å². The van der Waals surface area contributed by atoms with Gasteiger partial charge in [0.1, 0.15) is 0 Å². The molecular formula is C13H21NO2. The van der Waals surface area contributed by atoms with Crippen LogP contribution in [-0.2, 0) is 4.79 Å². The minimum Gasteiger partial charge on any atom is -0.388 e. The predicted molar refractivity (Wildman–Crippen MR) is 63.7 cm³/mol. The Morgan fingerprint density at radius 2 is 2.19 bits per heavy atom. The maximum Gasteiger partial charge on any atom is 0.232 e. The summed E-state index contributed by atoms with van der Waals surface area (Å²) in [4.78, 5) is 11.2. The Hall–Kier alpha value is -1.01. The number of amides is 1. The van der Waals surface area contributed by atoms with Crippen LogP contribution in [0.2, 0.25) is 0 Å². The average molecular weight is 223 g/mol. The van der Waals surface area contributed by atoms with Crippen molar-refractivity contribution in [1.29, 1.82) is 0 Å². The number of rotatable bonds is 4. The molecule has 0 atom stereocenters. The molecule has 0 heterocycles. The number of carbonyl (C=O) groups excluding carboxylic acids is 1. The van der Waals surface area contributed by atoms with Crippen LogP contribution in [0.3, 0.4) is 0 Å². The molecule has 0 aliphatic heterocycles. The third-order valence-electron chi connectivity index (χ3n) is 3.49. The summed E-state index contributed by atoms with van der Waals surface area (Å²) in [6.45, 7) is 2.52. The second kappa shape index (κ2) is 5.91. The molecule has 0 spiro atoms. The minimum atomic E-state index is -0.712. The molecule has 1 saturated carbocycles. The van der Waals surface area contributed by atoms with Crippen LogP contribution in [0, 0.1) is 18.3 Å². The van der Waals surface area contributed by atoms with Gasteiger partial charge in [0.05, 0.1) is 12.0 Å². The van der Waals surface area contributed by atoms with E-state index in [0.717, 1.165) is 31.6 Å². The van der Waals surface area contributed by atoms with Crippen LogP contribution in [0.1, 0.15) is 45.4 Å². The molecule has 1 aliphatic carbocycles. The smallest absolute Gasteiger partial charge is 0.232 e. The zero-order valence-electron chi connectivity index (χ0n) is 9.96. The van der Waals surface area contributed by atoms with E-state index in [2.05, 4.69) is 18.2 Å². The maximum absolute atomic E-state index is 11.2. The van der Waals surface area contributed by atoms with Gasteiger partial charge in [0, 0.05) is 6.54 Å². The molecule has 3 nitrogen and oxygen atoms in total. The van der Waals surface area contributed by atoms with Crippen molar-refractivity contribution in [3.05, 3.63) is 0 Å². The summed E-state index contributed by atoms with van der Waals surface area (Å²) < 4.78 is 0. The van der Waals surface area contributed by atoms with Gasteiger partial charge in [0.2, 0.25) is 5.91 Å². The monoisotopic (exact) mass is 223 g/mol. The third kappa shape index (κ3) is 3.86. The third-order valence-corrected chi connectivity index (χ3v) is 3.49. The van der Waals surface area contributed by atoms with E-state index in [1.165, 1.54) is 6.42 Å². The summed E-state index contributed by atoms with van der Waals surface area (Å²) in [7, 11) is 0. The fourth-order valence-corrected chi connectivity index (χ4v) is 2.22. The first-order chi connectivity index (χ1) is 7.59. The van der Waals surface area contributed by atoms with Crippen LogP contribution in [-0.4, -0.2) is 23.2 Å². The number of terminal acetylenes is 1. The molecule has 0 aromatic carbocycles. The lowest BCUT2D eigenvalue weighted by molar-refractivity contribution is -0.121. The van der Waals surface area contributed by atoms with E-state index in [1.54, 1.807) is 0 Å². The Morgan fingerprint density at radius 3 is 2.69 bits per heavy atom. The van der Waals surface area contributed by atoms with Crippen molar-refractivity contribution < 1.29 is 9.90 Å². The Bertz CT molecular complexity index is 272. The summed E-state index contributed by atoms with van der Waals surface area (Å²) >= 11 is 0. The normalized spacial score (nSPS) is 29.4. The lowest BCUT2D eigenvalue weighted by atomic mass is 9.78. The van der Waals surface area contributed by atoms with Gasteiger partial charge in [-0.25, -0.2) is 0 Å². The van der Waals surface area contributed by atoms with Crippen molar-refractivity contribution in [3.63, 3.8) is 0 Å². The quantitative estimate of drug-likeness (QED) is 0.709. The Morgan fingerprint density at radius 1 is 1.56 bits per heavy atom.